The number of hydrogen-bond acceptors (Lipinski definition) is 4. The van der Waals surface area contributed by atoms with Crippen molar-refractivity contribution in [2.75, 3.05) is 13.1 Å². The van der Waals surface area contributed by atoms with Gasteiger partial charge in [-0.05, 0) is 80.8 Å². The molecule has 5 rings (SSSR count). The fraction of sp³-hybridized carbons (Fsp3) is 0.462. The predicted molar refractivity (Wildman–Crippen MR) is 132 cm³/mol. The maximum atomic E-state index is 13.2. The molecule has 1 fully saturated rings. The molecule has 0 unspecified atom stereocenters. The molecule has 1 aliphatic carbocycles. The van der Waals surface area contributed by atoms with Crippen molar-refractivity contribution in [1.82, 2.24) is 19.2 Å². The number of nitrogens with zero attached hydrogens (tertiary/aromatic N) is 3. The second-order valence-electron chi connectivity index (χ2n) is 9.29. The van der Waals surface area contributed by atoms with Gasteiger partial charge in [0.25, 0.3) is 0 Å². The molecule has 1 aromatic heterocycles. The number of sulfonamides is 1. The number of fused-ring (bicyclic) bond motifs is 2. The van der Waals surface area contributed by atoms with Gasteiger partial charge >= 0.3 is 0 Å². The monoisotopic (exact) mass is 480 g/mol. The first-order chi connectivity index (χ1) is 16.5. The Kier molecular flexibility index (Phi) is 6.44. The van der Waals surface area contributed by atoms with E-state index < -0.39 is 10.0 Å². The molecule has 34 heavy (non-hydrogen) atoms. The van der Waals surface area contributed by atoms with E-state index in [1.807, 2.05) is 36.4 Å². The van der Waals surface area contributed by atoms with E-state index in [0.717, 1.165) is 42.7 Å². The largest absolute Gasteiger partial charge is 0.349 e. The minimum absolute atomic E-state index is 0.0273. The second kappa shape index (κ2) is 9.50. The molecule has 1 N–H and O–H groups in total. The number of carbonyl (C=O) groups is 1. The van der Waals surface area contributed by atoms with Gasteiger partial charge in [-0.3, -0.25) is 4.79 Å². The fourth-order valence-corrected chi connectivity index (χ4v) is 6.82. The van der Waals surface area contributed by atoms with Gasteiger partial charge in [-0.2, -0.15) is 4.31 Å². The predicted octanol–water partition coefficient (Wildman–Crippen LogP) is 3.65. The first-order valence-electron chi connectivity index (χ1n) is 12.3. The number of para-hydroxylation sites is 2. The molecule has 2 aromatic carbocycles. The molecule has 7 nitrogen and oxygen atoms in total. The number of rotatable bonds is 6. The summed E-state index contributed by atoms with van der Waals surface area (Å²) in [7, 11) is -3.54. The zero-order valence-electron chi connectivity index (χ0n) is 19.7. The van der Waals surface area contributed by atoms with E-state index in [0.29, 0.717) is 37.4 Å². The Morgan fingerprint density at radius 1 is 1.06 bits per heavy atom. The highest BCUT2D eigenvalue weighted by Crippen LogP contribution is 2.28. The number of aryl methyl sites for hydroxylation is 3. The summed E-state index contributed by atoms with van der Waals surface area (Å²) in [4.78, 5) is 17.9. The zero-order valence-corrected chi connectivity index (χ0v) is 20.5. The van der Waals surface area contributed by atoms with Gasteiger partial charge in [0.15, 0.2) is 0 Å². The van der Waals surface area contributed by atoms with Crippen molar-refractivity contribution in [1.29, 1.82) is 0 Å². The number of amides is 1. The Bertz CT molecular complexity index is 1310. The van der Waals surface area contributed by atoms with E-state index in [4.69, 9.17) is 0 Å². The summed E-state index contributed by atoms with van der Waals surface area (Å²) in [5, 5.41) is 3.03. The molecule has 0 atom stereocenters. The highest BCUT2D eigenvalue weighted by molar-refractivity contribution is 7.89. The van der Waals surface area contributed by atoms with Crippen LogP contribution in [0, 0.1) is 5.92 Å². The number of aromatic nitrogens is 2. The smallest absolute Gasteiger partial charge is 0.243 e. The average molecular weight is 481 g/mol. The molecular formula is C26H32N4O3S. The maximum absolute atomic E-state index is 13.2. The Morgan fingerprint density at radius 3 is 2.56 bits per heavy atom. The normalized spacial score (nSPS) is 17.6. The Morgan fingerprint density at radius 2 is 1.79 bits per heavy atom. The van der Waals surface area contributed by atoms with Crippen LogP contribution in [-0.4, -0.2) is 41.3 Å². The summed E-state index contributed by atoms with van der Waals surface area (Å²) in [5.41, 5.74) is 4.43. The van der Waals surface area contributed by atoms with E-state index in [1.165, 1.54) is 21.9 Å². The summed E-state index contributed by atoms with van der Waals surface area (Å²) in [5.74, 6) is 0.624. The van der Waals surface area contributed by atoms with Crippen molar-refractivity contribution in [2.24, 2.45) is 5.92 Å². The molecule has 2 heterocycles. The SMILES string of the molecule is CCn1c(CNC(=O)C2CCN(S(=O)(=O)c3ccc4c(c3)CCCC4)CC2)nc2ccccc21. The van der Waals surface area contributed by atoms with Crippen LogP contribution in [0.15, 0.2) is 47.4 Å². The Labute approximate surface area is 201 Å². The molecule has 0 radical (unpaired) electrons. The highest BCUT2D eigenvalue weighted by atomic mass is 32.2. The molecule has 0 bridgehead atoms. The van der Waals surface area contributed by atoms with Gasteiger partial charge < -0.3 is 9.88 Å². The van der Waals surface area contributed by atoms with Gasteiger partial charge in [-0.25, -0.2) is 13.4 Å². The first kappa shape index (κ1) is 23.1. The second-order valence-corrected chi connectivity index (χ2v) is 11.2. The van der Waals surface area contributed by atoms with E-state index in [9.17, 15) is 13.2 Å². The van der Waals surface area contributed by atoms with Crippen LogP contribution in [0.1, 0.15) is 49.6 Å². The number of benzene rings is 2. The summed E-state index contributed by atoms with van der Waals surface area (Å²) < 4.78 is 30.1. The van der Waals surface area contributed by atoms with Crippen molar-refractivity contribution in [3.63, 3.8) is 0 Å². The van der Waals surface area contributed by atoms with Gasteiger partial charge in [0.05, 0.1) is 22.5 Å². The number of hydrogen-bond donors (Lipinski definition) is 1. The first-order valence-corrected chi connectivity index (χ1v) is 13.7. The lowest BCUT2D eigenvalue weighted by atomic mass is 9.92. The van der Waals surface area contributed by atoms with E-state index in [1.54, 1.807) is 6.07 Å². The van der Waals surface area contributed by atoms with Gasteiger partial charge in [0.2, 0.25) is 15.9 Å². The minimum Gasteiger partial charge on any atom is -0.349 e. The third-order valence-corrected chi connectivity index (χ3v) is 9.15. The highest BCUT2D eigenvalue weighted by Gasteiger charge is 2.32. The zero-order chi connectivity index (χ0) is 23.7. The van der Waals surface area contributed by atoms with E-state index >= 15 is 0 Å². The lowest BCUT2D eigenvalue weighted by Gasteiger charge is -2.31. The molecule has 8 heteroatoms. The van der Waals surface area contributed by atoms with Crippen molar-refractivity contribution in [3.8, 4) is 0 Å². The van der Waals surface area contributed by atoms with Gasteiger partial charge in [-0.15, -0.1) is 0 Å². The van der Waals surface area contributed by atoms with Crippen LogP contribution < -0.4 is 5.32 Å². The molecule has 180 valence electrons. The molecule has 3 aromatic rings. The number of piperidine rings is 1. The quantitative estimate of drug-likeness (QED) is 0.584. The fourth-order valence-electron chi connectivity index (χ4n) is 5.30. The molecule has 0 saturated carbocycles. The van der Waals surface area contributed by atoms with E-state index in [2.05, 4.69) is 21.8 Å². The van der Waals surface area contributed by atoms with Gasteiger partial charge in [-0.1, -0.05) is 18.2 Å². The van der Waals surface area contributed by atoms with Crippen LogP contribution in [0.3, 0.4) is 0 Å². The van der Waals surface area contributed by atoms with Crippen LogP contribution in [0.2, 0.25) is 0 Å². The Balaban J connectivity index is 1.20. The third-order valence-electron chi connectivity index (χ3n) is 7.25. The van der Waals surface area contributed by atoms with Crippen molar-refractivity contribution < 1.29 is 13.2 Å². The van der Waals surface area contributed by atoms with Crippen LogP contribution in [0.5, 0.6) is 0 Å². The van der Waals surface area contributed by atoms with Crippen LogP contribution >= 0.6 is 0 Å². The molecule has 2 aliphatic rings. The standard InChI is InChI=1S/C26H32N4O3S/c1-2-30-24-10-6-5-9-23(24)28-25(30)18-27-26(31)20-13-15-29(16-14-20)34(32,33)22-12-11-19-7-3-4-8-21(19)17-22/h5-6,9-12,17,20H,2-4,7-8,13-16,18H2,1H3,(H,27,31). The molecule has 1 aliphatic heterocycles. The summed E-state index contributed by atoms with van der Waals surface area (Å²) >= 11 is 0. The molecule has 1 amide bonds. The average Bonchev–Trinajstić information content (AvgIpc) is 3.24. The van der Waals surface area contributed by atoms with Crippen LogP contribution in [0.4, 0.5) is 0 Å². The number of imidazole rings is 1. The van der Waals surface area contributed by atoms with Crippen molar-refractivity contribution in [2.45, 2.75) is 63.4 Å². The number of carbonyl (C=O) groups excluding carboxylic acids is 1. The Hall–Kier alpha value is -2.71. The van der Waals surface area contributed by atoms with Crippen molar-refractivity contribution in [3.05, 3.63) is 59.4 Å². The summed E-state index contributed by atoms with van der Waals surface area (Å²) in [6.45, 7) is 3.95. The topological polar surface area (TPSA) is 84.3 Å². The lowest BCUT2D eigenvalue weighted by molar-refractivity contribution is -0.126. The molecule has 0 spiro atoms. The number of nitrogens with one attached hydrogen (secondary N) is 1. The molecule has 1 saturated heterocycles. The van der Waals surface area contributed by atoms with Crippen molar-refractivity contribution >= 4 is 27.0 Å². The lowest BCUT2D eigenvalue weighted by Crippen LogP contribution is -2.43. The van der Waals surface area contributed by atoms with Crippen LogP contribution in [0.25, 0.3) is 11.0 Å². The van der Waals surface area contributed by atoms with Crippen LogP contribution in [-0.2, 0) is 40.7 Å². The maximum Gasteiger partial charge on any atom is 0.243 e. The van der Waals surface area contributed by atoms with Gasteiger partial charge in [0, 0.05) is 25.6 Å². The molecular weight excluding hydrogens is 448 g/mol. The minimum atomic E-state index is -3.54. The summed E-state index contributed by atoms with van der Waals surface area (Å²) in [6, 6.07) is 13.6. The van der Waals surface area contributed by atoms with E-state index in [-0.39, 0.29) is 11.8 Å². The third kappa shape index (κ3) is 4.36. The van der Waals surface area contributed by atoms with Gasteiger partial charge in [0.1, 0.15) is 5.82 Å². The summed E-state index contributed by atoms with van der Waals surface area (Å²) in [6.07, 6.45) is 5.33.